The number of benzene rings is 1. The largest absolute Gasteiger partial charge is 0.364 e. The van der Waals surface area contributed by atoms with Gasteiger partial charge in [0.15, 0.2) is 0 Å². The first-order chi connectivity index (χ1) is 8.31. The second-order valence-electron chi connectivity index (χ2n) is 3.63. The molecule has 1 aromatic rings. The van der Waals surface area contributed by atoms with Crippen LogP contribution < -0.4 is 4.90 Å². The lowest BCUT2D eigenvalue weighted by Gasteiger charge is -2.21. The highest BCUT2D eigenvalue weighted by molar-refractivity contribution is 5.57. The smallest absolute Gasteiger partial charge is 0.0372 e. The van der Waals surface area contributed by atoms with E-state index in [0.29, 0.717) is 0 Å². The van der Waals surface area contributed by atoms with Crippen molar-refractivity contribution in [3.8, 4) is 0 Å². The van der Waals surface area contributed by atoms with Crippen LogP contribution in [0.2, 0.25) is 0 Å². The minimum atomic E-state index is 0.817. The Morgan fingerprint density at radius 3 is 2.12 bits per heavy atom. The average molecular weight is 224 g/mol. The van der Waals surface area contributed by atoms with Crippen LogP contribution in [0, 0.1) is 6.58 Å². The minimum Gasteiger partial charge on any atom is -0.364 e. The quantitative estimate of drug-likeness (QED) is 0.502. The van der Waals surface area contributed by atoms with Crippen molar-refractivity contribution in [1.29, 1.82) is 0 Å². The fraction of sp³-hybridized carbons (Fsp3) is 0.125. The molecule has 1 heteroatoms. The predicted molar refractivity (Wildman–Crippen MR) is 77.0 cm³/mol. The lowest BCUT2D eigenvalue weighted by Crippen LogP contribution is -2.22. The molecule has 0 fully saturated rings. The maximum atomic E-state index is 5.29. The SMILES string of the molecule is [CH]=CC=Cc1ccc(N(CC=C)CC=C)cc1. The highest BCUT2D eigenvalue weighted by atomic mass is 15.1. The van der Waals surface area contributed by atoms with Crippen LogP contribution in [-0.2, 0) is 0 Å². The molecule has 0 spiro atoms. The molecular weight excluding hydrogens is 206 g/mol. The zero-order valence-electron chi connectivity index (χ0n) is 10.0. The topological polar surface area (TPSA) is 3.24 Å². The third kappa shape index (κ3) is 4.15. The molecule has 0 aliphatic heterocycles. The van der Waals surface area contributed by atoms with E-state index >= 15 is 0 Å². The first-order valence-electron chi connectivity index (χ1n) is 5.60. The Kier molecular flexibility index (Phi) is 5.59. The number of hydrogen-bond acceptors (Lipinski definition) is 1. The molecule has 1 radical (unpaired) electrons. The fourth-order valence-electron chi connectivity index (χ4n) is 1.56. The number of hydrogen-bond donors (Lipinski definition) is 0. The Balaban J connectivity index is 2.82. The molecule has 1 rings (SSSR count). The number of allylic oxidation sites excluding steroid dienone is 2. The fourth-order valence-corrected chi connectivity index (χ4v) is 1.56. The highest BCUT2D eigenvalue weighted by Crippen LogP contribution is 2.16. The van der Waals surface area contributed by atoms with Gasteiger partial charge in [-0.05, 0) is 17.7 Å². The van der Waals surface area contributed by atoms with E-state index < -0.39 is 0 Å². The Bertz CT molecular complexity index is 388. The van der Waals surface area contributed by atoms with E-state index in [4.69, 9.17) is 6.58 Å². The molecule has 0 bridgehead atoms. The summed E-state index contributed by atoms with van der Waals surface area (Å²) in [7, 11) is 0. The van der Waals surface area contributed by atoms with Gasteiger partial charge in [0.25, 0.3) is 0 Å². The van der Waals surface area contributed by atoms with E-state index in [2.05, 4.69) is 42.3 Å². The van der Waals surface area contributed by atoms with Gasteiger partial charge in [0.1, 0.15) is 0 Å². The molecule has 0 unspecified atom stereocenters. The van der Waals surface area contributed by atoms with Crippen LogP contribution in [0.25, 0.3) is 6.08 Å². The van der Waals surface area contributed by atoms with Crippen molar-refractivity contribution in [2.75, 3.05) is 18.0 Å². The van der Waals surface area contributed by atoms with Gasteiger partial charge in [-0.1, -0.05) is 49.1 Å². The van der Waals surface area contributed by atoms with E-state index in [1.54, 1.807) is 0 Å². The van der Waals surface area contributed by atoms with Crippen molar-refractivity contribution in [2.24, 2.45) is 0 Å². The second-order valence-corrected chi connectivity index (χ2v) is 3.63. The number of nitrogens with zero attached hydrogens (tertiary/aromatic N) is 1. The average Bonchev–Trinajstić information content (AvgIpc) is 2.37. The molecule has 87 valence electrons. The van der Waals surface area contributed by atoms with Crippen molar-refractivity contribution in [3.63, 3.8) is 0 Å². The molecule has 1 aromatic carbocycles. The molecule has 0 atom stereocenters. The van der Waals surface area contributed by atoms with E-state index in [0.717, 1.165) is 18.7 Å². The van der Waals surface area contributed by atoms with Crippen LogP contribution in [-0.4, -0.2) is 13.1 Å². The minimum absolute atomic E-state index is 0.817. The Morgan fingerprint density at radius 2 is 1.65 bits per heavy atom. The standard InChI is InChI=1S/C16H18N/c1-4-7-8-15-9-11-16(12-10-15)17(13-5-2)14-6-3/h1,4-12H,2-3,13-14H2. The molecule has 0 saturated carbocycles. The summed E-state index contributed by atoms with van der Waals surface area (Å²) in [4.78, 5) is 2.20. The van der Waals surface area contributed by atoms with Gasteiger partial charge >= 0.3 is 0 Å². The summed E-state index contributed by atoms with van der Waals surface area (Å²) in [6.45, 7) is 14.4. The highest BCUT2D eigenvalue weighted by Gasteiger charge is 2.01. The summed E-state index contributed by atoms with van der Waals surface area (Å²) in [5.74, 6) is 0. The summed E-state index contributed by atoms with van der Waals surface area (Å²) < 4.78 is 0. The third-order valence-electron chi connectivity index (χ3n) is 2.36. The molecule has 0 aromatic heterocycles. The van der Waals surface area contributed by atoms with E-state index in [9.17, 15) is 0 Å². The van der Waals surface area contributed by atoms with Crippen LogP contribution in [0.5, 0.6) is 0 Å². The third-order valence-corrected chi connectivity index (χ3v) is 2.36. The van der Waals surface area contributed by atoms with Gasteiger partial charge < -0.3 is 4.90 Å². The van der Waals surface area contributed by atoms with Crippen molar-refractivity contribution in [1.82, 2.24) is 0 Å². The molecule has 0 aliphatic carbocycles. The lowest BCUT2D eigenvalue weighted by molar-refractivity contribution is 0.957. The lowest BCUT2D eigenvalue weighted by atomic mass is 10.2. The van der Waals surface area contributed by atoms with Crippen LogP contribution in [0.15, 0.2) is 61.7 Å². The van der Waals surface area contributed by atoms with E-state index in [-0.39, 0.29) is 0 Å². The van der Waals surface area contributed by atoms with E-state index in [1.165, 1.54) is 11.8 Å². The van der Waals surface area contributed by atoms with E-state index in [1.807, 2.05) is 24.3 Å². The molecular formula is C16H18N. The second kappa shape index (κ2) is 7.29. The monoisotopic (exact) mass is 224 g/mol. The molecule has 0 N–H and O–H groups in total. The zero-order valence-corrected chi connectivity index (χ0v) is 10.0. The van der Waals surface area contributed by atoms with Gasteiger partial charge in [0.2, 0.25) is 0 Å². The molecule has 1 nitrogen and oxygen atoms in total. The van der Waals surface area contributed by atoms with Crippen molar-refractivity contribution < 1.29 is 0 Å². The van der Waals surface area contributed by atoms with Crippen LogP contribution in [0.3, 0.4) is 0 Å². The summed E-state index contributed by atoms with van der Waals surface area (Å²) in [6, 6.07) is 8.30. The van der Waals surface area contributed by atoms with Crippen molar-refractivity contribution in [3.05, 3.63) is 73.9 Å². The molecule has 0 heterocycles. The Hall–Kier alpha value is -2.02. The maximum Gasteiger partial charge on any atom is 0.0372 e. The van der Waals surface area contributed by atoms with Gasteiger partial charge in [-0.3, -0.25) is 0 Å². The zero-order chi connectivity index (χ0) is 12.5. The van der Waals surface area contributed by atoms with Crippen LogP contribution in [0.4, 0.5) is 5.69 Å². The molecule has 0 amide bonds. The number of rotatable bonds is 7. The van der Waals surface area contributed by atoms with Crippen LogP contribution in [0.1, 0.15) is 5.56 Å². The summed E-state index contributed by atoms with van der Waals surface area (Å²) >= 11 is 0. The van der Waals surface area contributed by atoms with Gasteiger partial charge in [-0.15, -0.1) is 13.2 Å². The summed E-state index contributed by atoms with van der Waals surface area (Å²) in [5.41, 5.74) is 2.30. The summed E-state index contributed by atoms with van der Waals surface area (Å²) in [6.07, 6.45) is 9.09. The summed E-state index contributed by atoms with van der Waals surface area (Å²) in [5, 5.41) is 0. The Morgan fingerprint density at radius 1 is 1.06 bits per heavy atom. The van der Waals surface area contributed by atoms with Gasteiger partial charge in [0.05, 0.1) is 0 Å². The molecule has 17 heavy (non-hydrogen) atoms. The van der Waals surface area contributed by atoms with Gasteiger partial charge in [0, 0.05) is 18.8 Å². The number of anilines is 1. The van der Waals surface area contributed by atoms with Crippen molar-refractivity contribution in [2.45, 2.75) is 0 Å². The van der Waals surface area contributed by atoms with Gasteiger partial charge in [-0.25, -0.2) is 0 Å². The first kappa shape index (κ1) is 13.0. The first-order valence-corrected chi connectivity index (χ1v) is 5.60. The van der Waals surface area contributed by atoms with Crippen molar-refractivity contribution >= 4 is 11.8 Å². The Labute approximate surface area is 104 Å². The molecule has 0 aliphatic rings. The maximum absolute atomic E-state index is 5.29. The predicted octanol–water partition coefficient (Wildman–Crippen LogP) is 3.87. The molecule has 0 saturated heterocycles. The van der Waals surface area contributed by atoms with Crippen LogP contribution >= 0.6 is 0 Å². The van der Waals surface area contributed by atoms with Gasteiger partial charge in [-0.2, -0.15) is 0 Å². The normalized spacial score (nSPS) is 10.1.